The summed E-state index contributed by atoms with van der Waals surface area (Å²) in [5.74, 6) is -0.375. The molecule has 1 nitrogen and oxygen atoms in total. The van der Waals surface area contributed by atoms with E-state index in [1.165, 1.54) is 6.07 Å². The van der Waals surface area contributed by atoms with Crippen LogP contribution in [0.1, 0.15) is 5.56 Å². The number of phenols is 1. The van der Waals surface area contributed by atoms with Crippen LogP contribution in [0, 0.1) is 0 Å². The van der Waals surface area contributed by atoms with Crippen LogP contribution in [0.3, 0.4) is 0 Å². The van der Waals surface area contributed by atoms with Gasteiger partial charge in [0.1, 0.15) is 5.75 Å². The molecule has 0 amide bonds. The van der Waals surface area contributed by atoms with E-state index in [1.54, 1.807) is 0 Å². The Bertz CT molecular complexity index is 280. The molecule has 0 aliphatic heterocycles. The van der Waals surface area contributed by atoms with Gasteiger partial charge in [-0.05, 0) is 18.2 Å². The first-order valence-corrected chi connectivity index (χ1v) is 9.57. The van der Waals surface area contributed by atoms with E-state index in [1.807, 2.05) is 0 Å². The van der Waals surface area contributed by atoms with Crippen molar-refractivity contribution in [3.63, 3.8) is 0 Å². The van der Waals surface area contributed by atoms with E-state index in [2.05, 4.69) is 0 Å². The Morgan fingerprint density at radius 1 is 1.21 bits per heavy atom. The van der Waals surface area contributed by atoms with Crippen LogP contribution in [0.15, 0.2) is 24.3 Å². The molecule has 1 N–H and O–H groups in total. The molecule has 0 bridgehead atoms. The van der Waals surface area contributed by atoms with E-state index >= 15 is 0 Å². The number of rotatable bonds is 0. The van der Waals surface area contributed by atoms with Gasteiger partial charge in [-0.15, -0.1) is 0 Å². The second kappa shape index (κ2) is 6.70. The molecule has 1 rings (SSSR count). The molecule has 0 aliphatic carbocycles. The zero-order chi connectivity index (χ0) is 11.2. The van der Waals surface area contributed by atoms with Crippen molar-refractivity contribution in [1.82, 2.24) is 0 Å². The molecule has 0 atom stereocenters. The fraction of sp³-hybridized carbons (Fsp3) is 0.143. The van der Waals surface area contributed by atoms with Crippen molar-refractivity contribution >= 4 is 17.0 Å². The van der Waals surface area contributed by atoms with E-state index in [-0.39, 0.29) is 5.75 Å². The first kappa shape index (κ1) is 14.3. The Morgan fingerprint density at radius 3 is 2.00 bits per heavy atom. The third-order valence-corrected chi connectivity index (χ3v) is 1.17. The van der Waals surface area contributed by atoms with E-state index in [0.29, 0.717) is 6.07 Å². The molecule has 0 saturated heterocycles. The van der Waals surface area contributed by atoms with Crippen LogP contribution in [0.4, 0.5) is 13.2 Å². The van der Waals surface area contributed by atoms with Gasteiger partial charge in [-0.1, -0.05) is 6.07 Å². The summed E-state index contributed by atoms with van der Waals surface area (Å²) >= 11 is -0.826. The molecule has 78 valence electrons. The van der Waals surface area contributed by atoms with Gasteiger partial charge in [0.25, 0.3) is 0 Å². The third-order valence-electron chi connectivity index (χ3n) is 1.17. The topological polar surface area (TPSA) is 20.2 Å². The number of hydrogen-bond acceptors (Lipinski definition) is 1. The molecule has 0 aliphatic rings. The zero-order valence-electron chi connectivity index (χ0n) is 6.65. The van der Waals surface area contributed by atoms with Crippen molar-refractivity contribution in [1.29, 1.82) is 0 Å². The maximum absolute atomic E-state index is 11.9. The van der Waals surface area contributed by atoms with Gasteiger partial charge in [0.2, 0.25) is 0 Å². The van der Waals surface area contributed by atoms with E-state index in [9.17, 15) is 13.2 Å². The van der Waals surface area contributed by atoms with Gasteiger partial charge in [-0.3, -0.25) is 0 Å². The van der Waals surface area contributed by atoms with Crippen molar-refractivity contribution in [2.24, 2.45) is 0 Å². The van der Waals surface area contributed by atoms with Crippen molar-refractivity contribution in [2.45, 2.75) is 6.18 Å². The predicted molar refractivity (Wildman–Crippen MR) is 44.8 cm³/mol. The predicted octanol–water partition coefficient (Wildman–Crippen LogP) is 3.79. The number of hydrogen-bond donors (Lipinski definition) is 1. The molecule has 0 heterocycles. The first-order valence-electron chi connectivity index (χ1n) is 3.24. The van der Waals surface area contributed by atoms with Crippen LogP contribution >= 0.6 is 17.0 Å². The maximum atomic E-state index is 11.9. The van der Waals surface area contributed by atoms with Crippen molar-refractivity contribution in [2.75, 3.05) is 0 Å². The molecular weight excluding hydrogens is 319 g/mol. The van der Waals surface area contributed by atoms with Gasteiger partial charge in [0.15, 0.2) is 0 Å². The fourth-order valence-electron chi connectivity index (χ4n) is 0.682. The summed E-state index contributed by atoms with van der Waals surface area (Å²) < 4.78 is 35.6. The summed E-state index contributed by atoms with van der Waals surface area (Å²) in [7, 11) is 9.87. The summed E-state index contributed by atoms with van der Waals surface area (Å²) in [5, 5.41) is 8.68. The number of phenolic OH excluding ortho intramolecular Hbond substituents is 1. The van der Waals surface area contributed by atoms with Crippen molar-refractivity contribution in [3.05, 3.63) is 29.8 Å². The second-order valence-electron chi connectivity index (χ2n) is 2.12. The average Bonchev–Trinajstić information content (AvgIpc) is 2.04. The second-order valence-corrected chi connectivity index (χ2v) is 5.85. The van der Waals surface area contributed by atoms with Crippen LogP contribution in [-0.2, 0) is 27.0 Å². The van der Waals surface area contributed by atoms with Gasteiger partial charge in [0.05, 0.1) is 5.56 Å². The molecule has 7 heteroatoms. The molecule has 0 unspecified atom stereocenters. The average molecular weight is 324 g/mol. The quantitative estimate of drug-likeness (QED) is 0.770. The Kier molecular flexibility index (Phi) is 6.83. The van der Waals surface area contributed by atoms with Crippen LogP contribution in [0.25, 0.3) is 0 Å². The summed E-state index contributed by atoms with van der Waals surface area (Å²) in [5.41, 5.74) is -0.836. The molecule has 14 heavy (non-hydrogen) atoms. The van der Waals surface area contributed by atoms with Crippen LogP contribution in [0.2, 0.25) is 0 Å². The molecular formula is C7H5Cl2F3OZr. The van der Waals surface area contributed by atoms with E-state index < -0.39 is 32.6 Å². The molecule has 1 aromatic rings. The molecule has 0 saturated carbocycles. The minimum absolute atomic E-state index is 0.375. The van der Waals surface area contributed by atoms with Gasteiger partial charge < -0.3 is 5.11 Å². The first-order chi connectivity index (χ1) is 6.41. The Labute approximate surface area is 97.5 Å². The standard InChI is InChI=1S/C7H5F3O.2ClH.Zr/c8-7(9,10)5-2-1-3-6(11)4-5;;;/h1-4,11H;2*1H;/q;;;+2/p-2. The van der Waals surface area contributed by atoms with Gasteiger partial charge in [-0.2, -0.15) is 13.2 Å². The van der Waals surface area contributed by atoms with Crippen molar-refractivity contribution in [3.8, 4) is 5.75 Å². The summed E-state index contributed by atoms with van der Waals surface area (Å²) in [6.45, 7) is 0. The van der Waals surface area contributed by atoms with Crippen LogP contribution in [-0.4, -0.2) is 5.11 Å². The molecule has 0 fully saturated rings. The van der Waals surface area contributed by atoms with Crippen molar-refractivity contribution < 1.29 is 39.1 Å². The monoisotopic (exact) mass is 322 g/mol. The van der Waals surface area contributed by atoms with E-state index in [0.717, 1.165) is 12.1 Å². The molecule has 0 aromatic heterocycles. The Morgan fingerprint density at radius 2 is 1.71 bits per heavy atom. The summed E-state index contributed by atoms with van der Waals surface area (Å²) in [4.78, 5) is 0. The minimum atomic E-state index is -4.38. The van der Waals surface area contributed by atoms with Gasteiger partial charge in [0, 0.05) is 0 Å². The SMILES string of the molecule is Oc1cccc(C(F)(F)F)c1.[Cl][Zr][Cl]. The van der Waals surface area contributed by atoms with Crippen LogP contribution in [0.5, 0.6) is 5.75 Å². The molecule has 0 spiro atoms. The van der Waals surface area contributed by atoms with Crippen LogP contribution < -0.4 is 0 Å². The Hall–Kier alpha value is 0.273. The fourth-order valence-corrected chi connectivity index (χ4v) is 0.682. The molecule has 0 radical (unpaired) electrons. The third kappa shape index (κ3) is 5.89. The number of alkyl halides is 3. The Balaban J connectivity index is 0.000000500. The van der Waals surface area contributed by atoms with E-state index in [4.69, 9.17) is 22.1 Å². The number of halogens is 5. The number of aromatic hydroxyl groups is 1. The zero-order valence-corrected chi connectivity index (χ0v) is 10.6. The normalized spacial score (nSPS) is 10.1. The summed E-state index contributed by atoms with van der Waals surface area (Å²) in [6.07, 6.45) is -4.38. The number of benzene rings is 1. The van der Waals surface area contributed by atoms with Gasteiger partial charge in [-0.25, -0.2) is 0 Å². The molecule has 1 aromatic carbocycles. The van der Waals surface area contributed by atoms with Gasteiger partial charge >= 0.3 is 44.1 Å². The summed E-state index contributed by atoms with van der Waals surface area (Å²) in [6, 6.07) is 3.92.